The Hall–Kier alpha value is -2.45. The molecule has 1 aromatic heterocycles. The van der Waals surface area contributed by atoms with E-state index >= 15 is 0 Å². The minimum atomic E-state index is -0.00307. The summed E-state index contributed by atoms with van der Waals surface area (Å²) < 4.78 is 1.41. The van der Waals surface area contributed by atoms with Crippen molar-refractivity contribution >= 4 is 35.1 Å². The third-order valence-corrected chi connectivity index (χ3v) is 6.51. The first-order chi connectivity index (χ1) is 13.1. The van der Waals surface area contributed by atoms with Crippen LogP contribution in [0.15, 0.2) is 64.6 Å². The number of hydrogen-bond donors (Lipinski definition) is 1. The summed E-state index contributed by atoms with van der Waals surface area (Å²) in [6, 6.07) is 18.2. The molecule has 1 atom stereocenters. The summed E-state index contributed by atoms with van der Waals surface area (Å²) >= 11 is 3.09. The summed E-state index contributed by atoms with van der Waals surface area (Å²) in [7, 11) is 0. The van der Waals surface area contributed by atoms with Crippen molar-refractivity contribution in [3.63, 3.8) is 0 Å². The van der Waals surface area contributed by atoms with Gasteiger partial charge < -0.3 is 10.7 Å². The number of anilines is 1. The van der Waals surface area contributed by atoms with Crippen molar-refractivity contribution in [1.82, 2.24) is 14.9 Å². The molecular weight excluding hydrogens is 378 g/mol. The molecule has 2 aromatic carbocycles. The average Bonchev–Trinajstić information content (AvgIpc) is 3.04. The molecule has 8 heteroatoms. The van der Waals surface area contributed by atoms with Gasteiger partial charge >= 0.3 is 0 Å². The van der Waals surface area contributed by atoms with Crippen LogP contribution >= 0.6 is 23.5 Å². The largest absolute Gasteiger partial charge is 0.336 e. The number of nitrogen functional groups attached to an aromatic ring is 1. The molecule has 2 N–H and O–H groups in total. The number of aryl methyl sites for hydroxylation is 1. The van der Waals surface area contributed by atoms with Gasteiger partial charge in [0.15, 0.2) is 0 Å². The van der Waals surface area contributed by atoms with E-state index in [0.29, 0.717) is 11.0 Å². The Morgan fingerprint density at radius 3 is 2.67 bits per heavy atom. The Kier molecular flexibility index (Phi) is 5.09. The number of fused-ring (bicyclic) bond motifs is 1. The zero-order valence-electron chi connectivity index (χ0n) is 14.8. The van der Waals surface area contributed by atoms with Crippen molar-refractivity contribution in [3.05, 3.63) is 66.0 Å². The first-order valence-corrected chi connectivity index (χ1v) is 10.5. The monoisotopic (exact) mass is 397 g/mol. The van der Waals surface area contributed by atoms with Gasteiger partial charge in [-0.15, -0.1) is 22.0 Å². The summed E-state index contributed by atoms with van der Waals surface area (Å²) in [6.45, 7) is 1.78. The second kappa shape index (κ2) is 7.66. The molecule has 1 aliphatic heterocycles. The first kappa shape index (κ1) is 17.9. The van der Waals surface area contributed by atoms with Gasteiger partial charge in [0, 0.05) is 10.6 Å². The van der Waals surface area contributed by atoms with Gasteiger partial charge in [-0.3, -0.25) is 4.79 Å². The van der Waals surface area contributed by atoms with Crippen molar-refractivity contribution in [2.24, 2.45) is 0 Å². The maximum absolute atomic E-state index is 13.2. The van der Waals surface area contributed by atoms with Gasteiger partial charge in [-0.1, -0.05) is 54.2 Å². The highest BCUT2D eigenvalue weighted by molar-refractivity contribution is 8.00. The molecule has 138 valence electrons. The number of aromatic nitrogens is 3. The van der Waals surface area contributed by atoms with Gasteiger partial charge in [0.05, 0.1) is 17.5 Å². The Morgan fingerprint density at radius 2 is 1.93 bits per heavy atom. The molecule has 0 saturated heterocycles. The molecule has 1 amide bonds. The number of nitrogens with zero attached hydrogens (tertiary/aromatic N) is 4. The number of nitrogens with two attached hydrogens (primary N) is 1. The van der Waals surface area contributed by atoms with Crippen LogP contribution in [0.5, 0.6) is 0 Å². The van der Waals surface area contributed by atoms with Gasteiger partial charge in [0.25, 0.3) is 0 Å². The normalized spacial score (nSPS) is 16.2. The second-order valence-corrected chi connectivity index (χ2v) is 8.16. The summed E-state index contributed by atoms with van der Waals surface area (Å²) in [5.74, 6) is 7.62. The van der Waals surface area contributed by atoms with Crippen LogP contribution in [0, 0.1) is 6.92 Å². The molecule has 6 nitrogen and oxygen atoms in total. The van der Waals surface area contributed by atoms with E-state index in [9.17, 15) is 4.79 Å². The molecule has 0 radical (unpaired) electrons. The maximum atomic E-state index is 13.2. The van der Waals surface area contributed by atoms with E-state index in [-0.39, 0.29) is 17.7 Å². The van der Waals surface area contributed by atoms with Crippen LogP contribution in [-0.4, -0.2) is 32.3 Å². The van der Waals surface area contributed by atoms with E-state index in [4.69, 9.17) is 5.84 Å². The number of carbonyl (C=O) groups excluding carboxylic acids is 1. The Morgan fingerprint density at radius 1 is 1.19 bits per heavy atom. The highest BCUT2D eigenvalue weighted by Crippen LogP contribution is 2.43. The molecule has 27 heavy (non-hydrogen) atoms. The van der Waals surface area contributed by atoms with E-state index in [1.807, 2.05) is 41.3 Å². The summed E-state index contributed by atoms with van der Waals surface area (Å²) in [5.41, 5.74) is 2.09. The lowest BCUT2D eigenvalue weighted by Gasteiger charge is -2.37. The molecule has 0 aliphatic carbocycles. The molecule has 0 bridgehead atoms. The Labute approximate surface area is 166 Å². The molecule has 2 heterocycles. The van der Waals surface area contributed by atoms with E-state index in [0.717, 1.165) is 21.9 Å². The SMILES string of the molecule is Cc1nnc(SCC(=O)N2c3ccccc3SC[C@H]2c2ccccc2)n1N. The lowest BCUT2D eigenvalue weighted by molar-refractivity contribution is -0.116. The lowest BCUT2D eigenvalue weighted by atomic mass is 10.1. The highest BCUT2D eigenvalue weighted by atomic mass is 32.2. The fraction of sp³-hybridized carbons (Fsp3) is 0.211. The standard InChI is InChI=1S/C19H19N5OS2/c1-13-21-22-19(24(13)20)27-12-18(25)23-15-9-5-6-10-17(15)26-11-16(23)14-7-3-2-4-8-14/h2-10,16H,11-12,20H2,1H3/t16-/m0/s1. The third kappa shape index (κ3) is 3.54. The van der Waals surface area contributed by atoms with Gasteiger partial charge in [-0.25, -0.2) is 4.68 Å². The number of carbonyl (C=O) groups is 1. The zero-order chi connectivity index (χ0) is 18.8. The molecule has 0 saturated carbocycles. The minimum Gasteiger partial charge on any atom is -0.336 e. The number of thioether (sulfide) groups is 2. The number of hydrogen-bond acceptors (Lipinski definition) is 6. The van der Waals surface area contributed by atoms with Crippen molar-refractivity contribution in [3.8, 4) is 0 Å². The fourth-order valence-electron chi connectivity index (χ4n) is 3.06. The topological polar surface area (TPSA) is 77.0 Å². The smallest absolute Gasteiger partial charge is 0.238 e. The van der Waals surface area contributed by atoms with E-state index < -0.39 is 0 Å². The lowest BCUT2D eigenvalue weighted by Crippen LogP contribution is -2.39. The van der Waals surface area contributed by atoms with Crippen molar-refractivity contribution < 1.29 is 4.79 Å². The van der Waals surface area contributed by atoms with Crippen LogP contribution in [0.2, 0.25) is 0 Å². The predicted octanol–water partition coefficient (Wildman–Crippen LogP) is 3.27. The van der Waals surface area contributed by atoms with Crippen LogP contribution in [0.4, 0.5) is 5.69 Å². The quantitative estimate of drug-likeness (QED) is 0.538. The molecule has 3 aromatic rings. The highest BCUT2D eigenvalue weighted by Gasteiger charge is 2.32. The van der Waals surface area contributed by atoms with Crippen molar-refractivity contribution in [2.45, 2.75) is 23.0 Å². The molecule has 1 aliphatic rings. The average molecular weight is 398 g/mol. The van der Waals surface area contributed by atoms with Gasteiger partial charge in [-0.2, -0.15) is 0 Å². The maximum Gasteiger partial charge on any atom is 0.238 e. The number of para-hydroxylation sites is 1. The van der Waals surface area contributed by atoms with E-state index in [2.05, 4.69) is 28.4 Å². The van der Waals surface area contributed by atoms with Crippen molar-refractivity contribution in [2.75, 3.05) is 22.2 Å². The van der Waals surface area contributed by atoms with Gasteiger partial charge in [-0.05, 0) is 24.6 Å². The number of amides is 1. The predicted molar refractivity (Wildman–Crippen MR) is 109 cm³/mol. The molecule has 0 fully saturated rings. The van der Waals surface area contributed by atoms with Crippen LogP contribution in [-0.2, 0) is 4.79 Å². The van der Waals surface area contributed by atoms with E-state index in [1.165, 1.54) is 16.4 Å². The summed E-state index contributed by atoms with van der Waals surface area (Å²) in [6.07, 6.45) is 0. The zero-order valence-corrected chi connectivity index (χ0v) is 16.4. The van der Waals surface area contributed by atoms with Gasteiger partial charge in [0.1, 0.15) is 5.82 Å². The summed E-state index contributed by atoms with van der Waals surface area (Å²) in [5, 5.41) is 8.51. The number of rotatable bonds is 4. The Bertz CT molecular complexity index is 960. The summed E-state index contributed by atoms with van der Waals surface area (Å²) in [4.78, 5) is 16.3. The molecular formula is C19H19N5OS2. The van der Waals surface area contributed by atoms with Crippen LogP contribution in [0.25, 0.3) is 0 Å². The fourth-order valence-corrected chi connectivity index (χ4v) is 4.99. The van der Waals surface area contributed by atoms with Crippen LogP contribution < -0.4 is 10.7 Å². The van der Waals surface area contributed by atoms with Crippen molar-refractivity contribution in [1.29, 1.82) is 0 Å². The van der Waals surface area contributed by atoms with Crippen LogP contribution in [0.3, 0.4) is 0 Å². The second-order valence-electron chi connectivity index (χ2n) is 6.16. The minimum absolute atomic E-state index is 0.00307. The first-order valence-electron chi connectivity index (χ1n) is 8.54. The van der Waals surface area contributed by atoms with E-state index in [1.54, 1.807) is 18.7 Å². The Balaban J connectivity index is 1.63. The van der Waals surface area contributed by atoms with Crippen LogP contribution in [0.1, 0.15) is 17.4 Å². The molecule has 0 unspecified atom stereocenters. The molecule has 4 rings (SSSR count). The number of benzene rings is 2. The van der Waals surface area contributed by atoms with Gasteiger partial charge in [0.2, 0.25) is 11.1 Å². The molecule has 0 spiro atoms. The third-order valence-electron chi connectivity index (χ3n) is 4.45.